The molecule has 0 atom stereocenters. The van der Waals surface area contributed by atoms with Gasteiger partial charge in [-0.3, -0.25) is 19.2 Å². The second-order valence-electron chi connectivity index (χ2n) is 6.74. The topological polar surface area (TPSA) is 92.8 Å². The van der Waals surface area contributed by atoms with Crippen LogP contribution in [0.5, 0.6) is 0 Å². The minimum absolute atomic E-state index is 0.0201. The SMILES string of the molecule is CN(CC(=O)NC(C)(C)C)C(=O)COC(=O)CCC(=O)c1ccc(Cl)s1. The lowest BCUT2D eigenvalue weighted by Gasteiger charge is -2.23. The van der Waals surface area contributed by atoms with Gasteiger partial charge in [-0.15, -0.1) is 11.3 Å². The smallest absolute Gasteiger partial charge is 0.306 e. The summed E-state index contributed by atoms with van der Waals surface area (Å²) >= 11 is 6.90. The molecule has 0 saturated heterocycles. The van der Waals surface area contributed by atoms with Crippen molar-refractivity contribution in [3.63, 3.8) is 0 Å². The third kappa shape index (κ3) is 8.44. The summed E-state index contributed by atoms with van der Waals surface area (Å²) in [4.78, 5) is 48.9. The summed E-state index contributed by atoms with van der Waals surface area (Å²) in [6.07, 6.45) is -0.149. The first-order chi connectivity index (χ1) is 12.0. The Kier molecular flexibility index (Phi) is 8.23. The number of nitrogens with one attached hydrogen (secondary N) is 1. The van der Waals surface area contributed by atoms with Crippen LogP contribution in [0.3, 0.4) is 0 Å². The van der Waals surface area contributed by atoms with E-state index in [1.54, 1.807) is 12.1 Å². The second-order valence-corrected chi connectivity index (χ2v) is 8.45. The molecule has 144 valence electrons. The average molecular weight is 403 g/mol. The molecule has 0 spiro atoms. The van der Waals surface area contributed by atoms with Gasteiger partial charge in [-0.1, -0.05) is 11.6 Å². The van der Waals surface area contributed by atoms with Crippen LogP contribution in [0.1, 0.15) is 43.3 Å². The Bertz CT molecular complexity index is 681. The molecular formula is C17H23ClN2O5S. The molecule has 0 aliphatic rings. The van der Waals surface area contributed by atoms with Gasteiger partial charge in [0, 0.05) is 19.0 Å². The highest BCUT2D eigenvalue weighted by Crippen LogP contribution is 2.22. The molecule has 1 aromatic heterocycles. The van der Waals surface area contributed by atoms with Crippen molar-refractivity contribution in [1.82, 2.24) is 10.2 Å². The third-order valence-corrected chi connectivity index (χ3v) is 4.35. The van der Waals surface area contributed by atoms with Crippen LogP contribution in [-0.4, -0.2) is 54.2 Å². The predicted octanol–water partition coefficient (Wildman–Crippen LogP) is 2.28. The summed E-state index contributed by atoms with van der Waals surface area (Å²) in [6.45, 7) is 4.89. The van der Waals surface area contributed by atoms with Gasteiger partial charge < -0.3 is 15.0 Å². The molecule has 9 heteroatoms. The number of ketones is 1. The van der Waals surface area contributed by atoms with Gasteiger partial charge in [0.2, 0.25) is 5.91 Å². The van der Waals surface area contributed by atoms with Gasteiger partial charge in [0.25, 0.3) is 5.91 Å². The van der Waals surface area contributed by atoms with E-state index in [0.717, 1.165) is 11.3 Å². The number of Topliss-reactive ketones (excluding diaryl/α,β-unsaturated/α-hetero) is 1. The highest BCUT2D eigenvalue weighted by Gasteiger charge is 2.19. The van der Waals surface area contributed by atoms with E-state index in [4.69, 9.17) is 16.3 Å². The Balaban J connectivity index is 2.31. The first-order valence-corrected chi connectivity index (χ1v) is 9.16. The van der Waals surface area contributed by atoms with Gasteiger partial charge in [0.1, 0.15) is 0 Å². The fourth-order valence-corrected chi connectivity index (χ4v) is 2.90. The summed E-state index contributed by atoms with van der Waals surface area (Å²) in [5.41, 5.74) is -0.396. The molecule has 1 rings (SSSR count). The van der Waals surface area contributed by atoms with E-state index in [1.165, 1.54) is 11.9 Å². The van der Waals surface area contributed by atoms with E-state index in [2.05, 4.69) is 5.32 Å². The Morgan fingerprint density at radius 3 is 2.38 bits per heavy atom. The maximum absolute atomic E-state index is 11.9. The zero-order valence-corrected chi connectivity index (χ0v) is 16.8. The predicted molar refractivity (Wildman–Crippen MR) is 99.4 cm³/mol. The average Bonchev–Trinajstić information content (AvgIpc) is 2.94. The number of ether oxygens (including phenoxy) is 1. The first-order valence-electron chi connectivity index (χ1n) is 7.97. The van der Waals surface area contributed by atoms with Crippen LogP contribution in [0.15, 0.2) is 12.1 Å². The van der Waals surface area contributed by atoms with Gasteiger partial charge >= 0.3 is 5.97 Å². The largest absolute Gasteiger partial charge is 0.456 e. The number of nitrogens with zero attached hydrogens (tertiary/aromatic N) is 1. The van der Waals surface area contributed by atoms with Gasteiger partial charge in [0.05, 0.1) is 22.2 Å². The van der Waals surface area contributed by atoms with E-state index in [1.807, 2.05) is 20.8 Å². The number of likely N-dealkylation sites (N-methyl/N-ethyl adjacent to an activating group) is 1. The molecule has 0 fully saturated rings. The molecule has 1 heterocycles. The van der Waals surface area contributed by atoms with Gasteiger partial charge in [0.15, 0.2) is 12.4 Å². The minimum Gasteiger partial charge on any atom is -0.456 e. The van der Waals surface area contributed by atoms with Crippen LogP contribution >= 0.6 is 22.9 Å². The summed E-state index contributed by atoms with van der Waals surface area (Å²) in [5, 5.41) is 2.73. The second kappa shape index (κ2) is 9.68. The van der Waals surface area contributed by atoms with Gasteiger partial charge in [-0.25, -0.2) is 0 Å². The quantitative estimate of drug-likeness (QED) is 0.532. The van der Waals surface area contributed by atoms with Crippen molar-refractivity contribution >= 4 is 46.5 Å². The number of carbonyl (C=O) groups is 4. The Hall–Kier alpha value is -1.93. The highest BCUT2D eigenvalue weighted by molar-refractivity contribution is 7.18. The normalized spacial score (nSPS) is 11.0. The Morgan fingerprint density at radius 1 is 1.19 bits per heavy atom. The van der Waals surface area contributed by atoms with Crippen LogP contribution < -0.4 is 5.32 Å². The van der Waals surface area contributed by atoms with Crippen molar-refractivity contribution < 1.29 is 23.9 Å². The number of halogens is 1. The summed E-state index contributed by atoms with van der Waals surface area (Å²) in [5.74, 6) is -1.67. The van der Waals surface area contributed by atoms with Crippen LogP contribution in [0.25, 0.3) is 0 Å². The molecule has 7 nitrogen and oxygen atoms in total. The van der Waals surface area contributed by atoms with Crippen molar-refractivity contribution in [2.24, 2.45) is 0 Å². The molecule has 0 unspecified atom stereocenters. The Labute approximate surface area is 161 Å². The molecule has 2 amide bonds. The van der Waals surface area contributed by atoms with Crippen molar-refractivity contribution in [2.75, 3.05) is 20.2 Å². The third-order valence-electron chi connectivity index (χ3n) is 3.08. The van der Waals surface area contributed by atoms with E-state index in [-0.39, 0.29) is 31.1 Å². The summed E-state index contributed by atoms with van der Waals surface area (Å²) < 4.78 is 5.36. The highest BCUT2D eigenvalue weighted by atomic mass is 35.5. The van der Waals surface area contributed by atoms with Crippen LogP contribution in [0.4, 0.5) is 0 Å². The van der Waals surface area contributed by atoms with Crippen molar-refractivity contribution in [1.29, 1.82) is 0 Å². The van der Waals surface area contributed by atoms with Crippen molar-refractivity contribution in [3.05, 3.63) is 21.3 Å². The van der Waals surface area contributed by atoms with Gasteiger partial charge in [-0.2, -0.15) is 0 Å². The van der Waals surface area contributed by atoms with E-state index < -0.39 is 24.0 Å². The monoisotopic (exact) mass is 402 g/mol. The molecule has 0 bridgehead atoms. The van der Waals surface area contributed by atoms with E-state index in [9.17, 15) is 19.2 Å². The summed E-state index contributed by atoms with van der Waals surface area (Å²) in [6, 6.07) is 3.21. The zero-order valence-electron chi connectivity index (χ0n) is 15.3. The maximum atomic E-state index is 11.9. The lowest BCUT2D eigenvalue weighted by molar-refractivity contribution is -0.152. The standard InChI is InChI=1S/C17H23ClN2O5S/c1-17(2,3)19-14(22)9-20(4)15(23)10-25-16(24)8-5-11(21)12-6-7-13(18)26-12/h6-7H,5,8-10H2,1-4H3,(H,19,22). The number of esters is 1. The molecule has 1 aromatic rings. The summed E-state index contributed by atoms with van der Waals surface area (Å²) in [7, 11) is 1.45. The number of hydrogen-bond donors (Lipinski definition) is 1. The minimum atomic E-state index is -0.651. The van der Waals surface area contributed by atoms with Gasteiger partial charge in [-0.05, 0) is 32.9 Å². The molecule has 1 N–H and O–H groups in total. The van der Waals surface area contributed by atoms with E-state index in [0.29, 0.717) is 9.21 Å². The van der Waals surface area contributed by atoms with Crippen LogP contribution in [-0.2, 0) is 19.1 Å². The number of carbonyl (C=O) groups excluding carboxylic acids is 4. The Morgan fingerprint density at radius 2 is 1.85 bits per heavy atom. The first kappa shape index (κ1) is 22.1. The number of hydrogen-bond acceptors (Lipinski definition) is 6. The van der Waals surface area contributed by atoms with Crippen LogP contribution in [0.2, 0.25) is 4.34 Å². The molecule has 0 aliphatic carbocycles. The molecule has 0 saturated carbocycles. The fraction of sp³-hybridized carbons (Fsp3) is 0.529. The molecule has 26 heavy (non-hydrogen) atoms. The van der Waals surface area contributed by atoms with Crippen molar-refractivity contribution in [2.45, 2.75) is 39.2 Å². The maximum Gasteiger partial charge on any atom is 0.306 e. The lowest BCUT2D eigenvalue weighted by atomic mass is 10.1. The van der Waals surface area contributed by atoms with Crippen molar-refractivity contribution in [3.8, 4) is 0 Å². The molecule has 0 aliphatic heterocycles. The molecule has 0 aromatic carbocycles. The fourth-order valence-electron chi connectivity index (χ4n) is 1.89. The number of rotatable bonds is 8. The number of amides is 2. The molecular weight excluding hydrogens is 380 g/mol. The molecule has 0 radical (unpaired) electrons. The van der Waals surface area contributed by atoms with Crippen LogP contribution in [0, 0.1) is 0 Å². The zero-order chi connectivity index (χ0) is 19.9. The lowest BCUT2D eigenvalue weighted by Crippen LogP contribution is -2.46. The number of thiophene rings is 1. The van der Waals surface area contributed by atoms with E-state index >= 15 is 0 Å².